The Morgan fingerprint density at radius 1 is 1.06 bits per heavy atom. The highest BCUT2D eigenvalue weighted by atomic mass is 19.4. The number of hydrogen-bond acceptors (Lipinski definition) is 5. The Bertz CT molecular complexity index is 1190. The number of nitrogens with zero attached hydrogens (tertiary/aromatic N) is 3. The van der Waals surface area contributed by atoms with Crippen molar-refractivity contribution in [1.82, 2.24) is 9.88 Å². The Morgan fingerprint density at radius 2 is 1.72 bits per heavy atom. The van der Waals surface area contributed by atoms with Crippen LogP contribution in [0, 0.1) is 0 Å². The third-order valence-electron chi connectivity index (χ3n) is 7.63. The third-order valence-corrected chi connectivity index (χ3v) is 7.63. The molecule has 192 valence electrons. The van der Waals surface area contributed by atoms with Gasteiger partial charge in [-0.3, -0.25) is 4.79 Å². The van der Waals surface area contributed by atoms with Crippen molar-refractivity contribution in [2.45, 2.75) is 68.7 Å². The maximum absolute atomic E-state index is 13.5. The zero-order chi connectivity index (χ0) is 25.9. The molecule has 1 saturated heterocycles. The van der Waals surface area contributed by atoms with E-state index in [2.05, 4.69) is 10.3 Å². The summed E-state index contributed by atoms with van der Waals surface area (Å²) in [5.74, 6) is 0.241. The largest absolute Gasteiger partial charge is 0.398 e. The molecule has 1 aliphatic heterocycles. The number of nitrogens with one attached hydrogen (secondary N) is 1. The highest BCUT2D eigenvalue weighted by Crippen LogP contribution is 2.59. The number of urea groups is 1. The molecule has 1 N–H and O–H groups in total. The molecule has 1 aromatic heterocycles. The van der Waals surface area contributed by atoms with E-state index in [1.165, 1.54) is 29.2 Å². The summed E-state index contributed by atoms with van der Waals surface area (Å²) in [6, 6.07) is 8.73. The van der Waals surface area contributed by atoms with Crippen LogP contribution in [0.2, 0.25) is 0 Å². The van der Waals surface area contributed by atoms with Crippen LogP contribution in [-0.2, 0) is 21.5 Å². The first-order valence-corrected chi connectivity index (χ1v) is 12.0. The van der Waals surface area contributed by atoms with E-state index in [1.807, 2.05) is 6.07 Å². The van der Waals surface area contributed by atoms with E-state index in [0.29, 0.717) is 12.4 Å². The fraction of sp³-hybridized carbons (Fsp3) is 0.500. The minimum atomic E-state index is -4.33. The fourth-order valence-corrected chi connectivity index (χ4v) is 4.95. The summed E-state index contributed by atoms with van der Waals surface area (Å²) >= 11 is 0. The van der Waals surface area contributed by atoms with Crippen LogP contribution in [0.25, 0.3) is 0 Å². The molecule has 2 aliphatic carbocycles. The average Bonchev–Trinajstić information content (AvgIpc) is 3.73. The van der Waals surface area contributed by atoms with E-state index >= 15 is 0 Å². The Labute approximate surface area is 207 Å². The molecule has 2 heterocycles. The maximum atomic E-state index is 13.5. The molecule has 36 heavy (non-hydrogen) atoms. The zero-order valence-corrected chi connectivity index (χ0v) is 20.5. The first-order chi connectivity index (χ1) is 16.9. The Hall–Kier alpha value is -3.14. The van der Waals surface area contributed by atoms with Crippen LogP contribution >= 0.6 is 0 Å². The van der Waals surface area contributed by atoms with E-state index in [4.69, 9.17) is 4.74 Å². The molecule has 0 radical (unpaired) electrons. The predicted molar refractivity (Wildman–Crippen MR) is 128 cm³/mol. The number of carbonyl (C=O) groups excluding carboxylic acids is 2. The summed E-state index contributed by atoms with van der Waals surface area (Å²) in [4.78, 5) is 33.6. The normalized spacial score (nSPS) is 21.6. The number of amides is 3. The Balaban J connectivity index is 1.35. The quantitative estimate of drug-likeness (QED) is 0.514. The lowest BCUT2D eigenvalue weighted by Gasteiger charge is -2.28. The number of carbonyl (C=O) groups is 2. The summed E-state index contributed by atoms with van der Waals surface area (Å²) in [6.45, 7) is 4.09. The van der Waals surface area contributed by atoms with Gasteiger partial charge < -0.3 is 15.0 Å². The van der Waals surface area contributed by atoms with Crippen molar-refractivity contribution in [3.8, 4) is 0 Å². The second-order valence-electron chi connectivity index (χ2n) is 10.6. The predicted octanol–water partition coefficient (Wildman–Crippen LogP) is 5.01. The van der Waals surface area contributed by atoms with E-state index in [9.17, 15) is 22.8 Å². The van der Waals surface area contributed by atoms with Gasteiger partial charge in [0.05, 0.1) is 23.2 Å². The number of benzene rings is 1. The second kappa shape index (κ2) is 8.19. The number of ether oxygens (including phenoxy) is 1. The summed E-state index contributed by atoms with van der Waals surface area (Å²) < 4.78 is 45.8. The van der Waals surface area contributed by atoms with Gasteiger partial charge >= 0.3 is 12.2 Å². The summed E-state index contributed by atoms with van der Waals surface area (Å²) in [5, 5.41) is 3.41. The molecule has 0 bridgehead atoms. The van der Waals surface area contributed by atoms with E-state index in [-0.39, 0.29) is 36.2 Å². The van der Waals surface area contributed by atoms with Crippen LogP contribution in [0.3, 0.4) is 0 Å². The van der Waals surface area contributed by atoms with Crippen LogP contribution in [-0.4, -0.2) is 52.8 Å². The first kappa shape index (κ1) is 24.5. The number of anilines is 2. The fourth-order valence-electron chi connectivity index (χ4n) is 4.95. The number of pyridine rings is 1. The highest BCUT2D eigenvalue weighted by Gasteiger charge is 2.64. The van der Waals surface area contributed by atoms with E-state index in [1.54, 1.807) is 33.2 Å². The van der Waals surface area contributed by atoms with Gasteiger partial charge in [0.25, 0.3) is 5.91 Å². The number of aromatic nitrogens is 1. The average molecular weight is 503 g/mol. The molecule has 7 nitrogen and oxygen atoms in total. The Morgan fingerprint density at radius 3 is 2.28 bits per heavy atom. The van der Waals surface area contributed by atoms with Crippen molar-refractivity contribution in [3.63, 3.8) is 0 Å². The molecule has 0 spiro atoms. The zero-order valence-electron chi connectivity index (χ0n) is 20.5. The van der Waals surface area contributed by atoms with Crippen LogP contribution in [0.1, 0.15) is 50.7 Å². The van der Waals surface area contributed by atoms with Gasteiger partial charge in [-0.1, -0.05) is 12.1 Å². The van der Waals surface area contributed by atoms with Gasteiger partial charge in [0.15, 0.2) is 0 Å². The van der Waals surface area contributed by atoms with Crippen molar-refractivity contribution in [2.75, 3.05) is 23.9 Å². The topological polar surface area (TPSA) is 74.8 Å². The monoisotopic (exact) mass is 502 g/mol. The molecule has 3 amide bonds. The lowest BCUT2D eigenvalue weighted by molar-refractivity contribution is -0.160. The van der Waals surface area contributed by atoms with E-state index < -0.39 is 29.1 Å². The van der Waals surface area contributed by atoms with Gasteiger partial charge in [-0.2, -0.15) is 13.2 Å². The molecule has 10 heteroatoms. The van der Waals surface area contributed by atoms with Crippen molar-refractivity contribution in [1.29, 1.82) is 0 Å². The summed E-state index contributed by atoms with van der Waals surface area (Å²) in [7, 11) is 1.66. The molecule has 5 rings (SSSR count). The SMILES string of the molecule is COCC1(Nc2cc(CN3C(=O)N(c4ccc(C5(C(F)(F)F)CC5)cc4)C(=O)C3(C)C)ccn2)CC1. The van der Waals surface area contributed by atoms with Crippen molar-refractivity contribution >= 4 is 23.4 Å². The number of imide groups is 1. The van der Waals surface area contributed by atoms with Crippen LogP contribution in [0.4, 0.5) is 29.5 Å². The molecule has 3 aliphatic rings. The second-order valence-corrected chi connectivity index (χ2v) is 10.6. The molecule has 2 aromatic rings. The van der Waals surface area contributed by atoms with Crippen molar-refractivity contribution in [2.24, 2.45) is 0 Å². The number of halogens is 3. The minimum Gasteiger partial charge on any atom is -0.382 e. The molecule has 2 saturated carbocycles. The molecule has 1 aromatic carbocycles. The lowest BCUT2D eigenvalue weighted by atomic mass is 9.95. The molecular weight excluding hydrogens is 473 g/mol. The van der Waals surface area contributed by atoms with Crippen molar-refractivity contribution < 1.29 is 27.5 Å². The van der Waals surface area contributed by atoms with Gasteiger partial charge in [0.1, 0.15) is 11.4 Å². The van der Waals surface area contributed by atoms with Crippen LogP contribution in [0.5, 0.6) is 0 Å². The lowest BCUT2D eigenvalue weighted by Crippen LogP contribution is -2.43. The van der Waals surface area contributed by atoms with Crippen molar-refractivity contribution in [3.05, 3.63) is 53.7 Å². The number of rotatable bonds is 8. The van der Waals surface area contributed by atoms with Crippen LogP contribution < -0.4 is 10.2 Å². The smallest absolute Gasteiger partial charge is 0.382 e. The van der Waals surface area contributed by atoms with Gasteiger partial charge in [-0.25, -0.2) is 14.7 Å². The summed E-state index contributed by atoms with van der Waals surface area (Å²) in [5.41, 5.74) is -1.85. The first-order valence-electron chi connectivity index (χ1n) is 12.0. The molecule has 0 atom stereocenters. The number of alkyl halides is 3. The molecule has 3 fully saturated rings. The number of hydrogen-bond donors (Lipinski definition) is 1. The van der Waals surface area contributed by atoms with Gasteiger partial charge in [-0.05, 0) is 74.9 Å². The standard InChI is InChI=1S/C26H29F3N4O3/c1-23(2)21(34)33(19-6-4-18(5-7-19)25(11-12-25)26(27,28)29)22(35)32(23)15-17-8-13-30-20(14-17)31-24(9-10-24)16-36-3/h4-8,13-14H,9-12,15-16H2,1-3H3,(H,30,31). The Kier molecular flexibility index (Phi) is 5.59. The van der Waals surface area contributed by atoms with Gasteiger partial charge in [-0.15, -0.1) is 0 Å². The highest BCUT2D eigenvalue weighted by molar-refractivity contribution is 6.22. The van der Waals surface area contributed by atoms with E-state index in [0.717, 1.165) is 23.3 Å². The van der Waals surface area contributed by atoms with Crippen LogP contribution in [0.15, 0.2) is 42.6 Å². The third kappa shape index (κ3) is 4.01. The minimum absolute atomic E-state index is 0.0492. The molecular formula is C26H29F3N4O3. The number of methoxy groups -OCH3 is 1. The molecule has 0 unspecified atom stereocenters. The van der Waals surface area contributed by atoms with Gasteiger partial charge in [0.2, 0.25) is 0 Å². The maximum Gasteiger partial charge on any atom is 0.398 e. The summed E-state index contributed by atoms with van der Waals surface area (Å²) in [6.07, 6.45) is -0.608. The van der Waals surface area contributed by atoms with Gasteiger partial charge in [0, 0.05) is 19.9 Å².